The van der Waals surface area contributed by atoms with E-state index in [0.29, 0.717) is 16.9 Å². The summed E-state index contributed by atoms with van der Waals surface area (Å²) >= 11 is 3.46. The van der Waals surface area contributed by atoms with E-state index in [4.69, 9.17) is 0 Å². The summed E-state index contributed by atoms with van der Waals surface area (Å²) in [5.41, 5.74) is 4.52. The van der Waals surface area contributed by atoms with E-state index in [-0.39, 0.29) is 11.8 Å². The highest BCUT2D eigenvalue weighted by Crippen LogP contribution is 2.22. The molecule has 0 aliphatic carbocycles. The fourth-order valence-corrected chi connectivity index (χ4v) is 2.97. The lowest BCUT2D eigenvalue weighted by Crippen LogP contribution is -2.14. The van der Waals surface area contributed by atoms with Crippen LogP contribution in [0.3, 0.4) is 0 Å². The number of nitrogens with one attached hydrogen (secondary N) is 2. The molecule has 3 aromatic rings. The van der Waals surface area contributed by atoms with Crippen LogP contribution in [-0.4, -0.2) is 16.8 Å². The zero-order chi connectivity index (χ0) is 20.8. The van der Waals surface area contributed by atoms with Crippen molar-refractivity contribution in [1.29, 1.82) is 0 Å². The average molecular weight is 450 g/mol. The maximum absolute atomic E-state index is 12.6. The number of benzene rings is 2. The number of aromatic nitrogens is 1. The third kappa shape index (κ3) is 5.62. The van der Waals surface area contributed by atoms with Crippen LogP contribution in [0.25, 0.3) is 6.08 Å². The van der Waals surface area contributed by atoms with Crippen molar-refractivity contribution in [3.05, 3.63) is 93.7 Å². The molecule has 0 unspecified atom stereocenters. The molecule has 1 heterocycles. The molecule has 2 amide bonds. The molecular formula is C23H20BrN3O2. The number of hydrogen-bond donors (Lipinski definition) is 2. The number of carbonyl (C=O) groups excluding carboxylic acids is 2. The Morgan fingerprint density at radius 2 is 1.79 bits per heavy atom. The van der Waals surface area contributed by atoms with Gasteiger partial charge >= 0.3 is 0 Å². The van der Waals surface area contributed by atoms with Crippen molar-refractivity contribution in [1.82, 2.24) is 4.98 Å². The number of carbonyl (C=O) groups is 2. The molecular weight excluding hydrogens is 430 g/mol. The van der Waals surface area contributed by atoms with Gasteiger partial charge in [0.1, 0.15) is 0 Å². The standard InChI is InChI=1S/C23H20BrN3O2/c1-15-6-9-19(13-20(15)24)26-23(29)18-8-5-16(2)21(12-18)27-22(28)10-7-17-4-3-11-25-14-17/h3-14H,1-2H3,(H,26,29)(H,27,28). The number of halogens is 1. The largest absolute Gasteiger partial charge is 0.322 e. The first kappa shape index (κ1) is 20.5. The average Bonchev–Trinajstić information content (AvgIpc) is 2.71. The number of aryl methyl sites for hydroxylation is 2. The van der Waals surface area contributed by atoms with Gasteiger partial charge in [0.2, 0.25) is 5.91 Å². The van der Waals surface area contributed by atoms with Crippen molar-refractivity contribution >= 4 is 45.2 Å². The second-order valence-electron chi connectivity index (χ2n) is 6.56. The summed E-state index contributed by atoms with van der Waals surface area (Å²) in [4.78, 5) is 28.9. The number of pyridine rings is 1. The van der Waals surface area contributed by atoms with Gasteiger partial charge < -0.3 is 10.6 Å². The van der Waals surface area contributed by atoms with Crippen LogP contribution < -0.4 is 10.6 Å². The lowest BCUT2D eigenvalue weighted by atomic mass is 10.1. The molecule has 29 heavy (non-hydrogen) atoms. The van der Waals surface area contributed by atoms with E-state index in [0.717, 1.165) is 21.2 Å². The molecule has 0 spiro atoms. The number of rotatable bonds is 5. The van der Waals surface area contributed by atoms with Gasteiger partial charge in [-0.05, 0) is 66.9 Å². The lowest BCUT2D eigenvalue weighted by Gasteiger charge is -2.11. The molecule has 0 saturated carbocycles. The summed E-state index contributed by atoms with van der Waals surface area (Å²) in [6.07, 6.45) is 6.46. The Kier molecular flexibility index (Phi) is 6.57. The molecule has 6 heteroatoms. The summed E-state index contributed by atoms with van der Waals surface area (Å²) in [5.74, 6) is -0.529. The van der Waals surface area contributed by atoms with Crippen LogP contribution in [0.15, 0.2) is 71.5 Å². The van der Waals surface area contributed by atoms with Crippen LogP contribution in [0.1, 0.15) is 27.0 Å². The number of amides is 2. The molecule has 3 rings (SSSR count). The Morgan fingerprint density at radius 3 is 2.52 bits per heavy atom. The second kappa shape index (κ2) is 9.30. The van der Waals surface area contributed by atoms with E-state index in [2.05, 4.69) is 31.5 Å². The van der Waals surface area contributed by atoms with Crippen molar-refractivity contribution in [3.63, 3.8) is 0 Å². The second-order valence-corrected chi connectivity index (χ2v) is 7.41. The van der Waals surface area contributed by atoms with Crippen LogP contribution >= 0.6 is 15.9 Å². The van der Waals surface area contributed by atoms with Gasteiger partial charge in [-0.1, -0.05) is 34.1 Å². The van der Waals surface area contributed by atoms with Gasteiger partial charge in [0, 0.05) is 39.9 Å². The molecule has 0 bridgehead atoms. The Bertz CT molecular complexity index is 1080. The van der Waals surface area contributed by atoms with Crippen molar-refractivity contribution < 1.29 is 9.59 Å². The number of hydrogen-bond acceptors (Lipinski definition) is 3. The molecule has 0 atom stereocenters. The Balaban J connectivity index is 1.71. The first-order valence-corrected chi connectivity index (χ1v) is 9.79. The van der Waals surface area contributed by atoms with E-state index in [1.165, 1.54) is 6.08 Å². The zero-order valence-electron chi connectivity index (χ0n) is 16.1. The van der Waals surface area contributed by atoms with Gasteiger partial charge in [-0.25, -0.2) is 0 Å². The zero-order valence-corrected chi connectivity index (χ0v) is 17.7. The van der Waals surface area contributed by atoms with Gasteiger partial charge in [-0.3, -0.25) is 14.6 Å². The molecule has 5 nitrogen and oxygen atoms in total. The van der Waals surface area contributed by atoms with Crippen molar-refractivity contribution in [2.75, 3.05) is 10.6 Å². The van der Waals surface area contributed by atoms with Crippen LogP contribution in [0, 0.1) is 13.8 Å². The number of anilines is 2. The fourth-order valence-electron chi connectivity index (χ4n) is 2.59. The SMILES string of the molecule is Cc1ccc(NC(=O)c2ccc(C)c(NC(=O)C=Cc3cccnc3)c2)cc1Br. The highest BCUT2D eigenvalue weighted by molar-refractivity contribution is 9.10. The van der Waals surface area contributed by atoms with Gasteiger partial charge in [-0.2, -0.15) is 0 Å². The van der Waals surface area contributed by atoms with Crippen molar-refractivity contribution in [3.8, 4) is 0 Å². The third-order valence-corrected chi connectivity index (χ3v) is 5.15. The highest BCUT2D eigenvalue weighted by Gasteiger charge is 2.10. The summed E-state index contributed by atoms with van der Waals surface area (Å²) in [5, 5.41) is 5.69. The third-order valence-electron chi connectivity index (χ3n) is 4.30. The molecule has 2 N–H and O–H groups in total. The molecule has 0 fully saturated rings. The van der Waals surface area contributed by atoms with Crippen LogP contribution in [-0.2, 0) is 4.79 Å². The Hall–Kier alpha value is -3.25. The predicted molar refractivity (Wildman–Crippen MR) is 120 cm³/mol. The monoisotopic (exact) mass is 449 g/mol. The van der Waals surface area contributed by atoms with Gasteiger partial charge in [0.25, 0.3) is 5.91 Å². The first-order chi connectivity index (χ1) is 13.9. The van der Waals surface area contributed by atoms with E-state index in [1.807, 2.05) is 38.1 Å². The van der Waals surface area contributed by atoms with Crippen molar-refractivity contribution in [2.24, 2.45) is 0 Å². The molecule has 0 radical (unpaired) electrons. The van der Waals surface area contributed by atoms with Gasteiger partial charge in [-0.15, -0.1) is 0 Å². The minimum Gasteiger partial charge on any atom is -0.322 e. The smallest absolute Gasteiger partial charge is 0.255 e. The molecule has 2 aromatic carbocycles. The van der Waals surface area contributed by atoms with Crippen LogP contribution in [0.2, 0.25) is 0 Å². The molecule has 0 aliphatic heterocycles. The maximum atomic E-state index is 12.6. The molecule has 0 aliphatic rings. The minimum atomic E-state index is -0.281. The van der Waals surface area contributed by atoms with Gasteiger partial charge in [0.05, 0.1) is 0 Å². The highest BCUT2D eigenvalue weighted by atomic mass is 79.9. The molecule has 146 valence electrons. The quantitative estimate of drug-likeness (QED) is 0.514. The van der Waals surface area contributed by atoms with Gasteiger partial charge in [0.15, 0.2) is 0 Å². The molecule has 0 saturated heterocycles. The first-order valence-electron chi connectivity index (χ1n) is 8.99. The topological polar surface area (TPSA) is 71.1 Å². The van der Waals surface area contributed by atoms with Crippen LogP contribution in [0.5, 0.6) is 0 Å². The summed E-state index contributed by atoms with van der Waals surface area (Å²) < 4.78 is 0.924. The van der Waals surface area contributed by atoms with E-state index < -0.39 is 0 Å². The normalized spacial score (nSPS) is 10.7. The van der Waals surface area contributed by atoms with Crippen molar-refractivity contribution in [2.45, 2.75) is 13.8 Å². The Morgan fingerprint density at radius 1 is 1.00 bits per heavy atom. The predicted octanol–water partition coefficient (Wildman–Crippen LogP) is 5.37. The fraction of sp³-hybridized carbons (Fsp3) is 0.0870. The van der Waals surface area contributed by atoms with E-state index >= 15 is 0 Å². The summed E-state index contributed by atoms with van der Waals surface area (Å²) in [6, 6.07) is 14.5. The maximum Gasteiger partial charge on any atom is 0.255 e. The summed E-state index contributed by atoms with van der Waals surface area (Å²) in [6.45, 7) is 3.85. The molecule has 1 aromatic heterocycles. The lowest BCUT2D eigenvalue weighted by molar-refractivity contribution is -0.111. The van der Waals surface area contributed by atoms with E-state index in [1.54, 1.807) is 42.7 Å². The number of nitrogens with zero attached hydrogens (tertiary/aromatic N) is 1. The van der Waals surface area contributed by atoms with Crippen LogP contribution in [0.4, 0.5) is 11.4 Å². The van der Waals surface area contributed by atoms with E-state index in [9.17, 15) is 9.59 Å². The summed E-state index contributed by atoms with van der Waals surface area (Å²) in [7, 11) is 0. The Labute approximate surface area is 178 Å². The minimum absolute atomic E-state index is 0.248.